The van der Waals surface area contributed by atoms with E-state index >= 15 is 0 Å². The number of ketones is 2. The molecule has 6 heteroatoms. The average molecular weight is 220 g/mol. The molecule has 6 nitrogen and oxygen atoms in total. The second kappa shape index (κ2) is 3.82. The second-order valence-electron chi connectivity index (χ2n) is 3.37. The molecule has 2 amide bonds. The van der Waals surface area contributed by atoms with Gasteiger partial charge in [0.15, 0.2) is 11.6 Å². The van der Waals surface area contributed by atoms with E-state index in [1.54, 1.807) is 0 Å². The lowest BCUT2D eigenvalue weighted by atomic mass is 10.2. The minimum atomic E-state index is -0.971. The van der Waals surface area contributed by atoms with E-state index in [4.69, 9.17) is 0 Å². The number of imide groups is 1. The SMILES string of the molecule is O=C1C=CC(=O)C1NCN1C(=O)C=CC1=O. The van der Waals surface area contributed by atoms with Crippen LogP contribution in [-0.2, 0) is 19.2 Å². The number of hydrogen-bond donors (Lipinski definition) is 1. The Hall–Kier alpha value is -2.08. The van der Waals surface area contributed by atoms with Gasteiger partial charge >= 0.3 is 0 Å². The fraction of sp³-hybridized carbons (Fsp3) is 0.200. The molecule has 82 valence electrons. The van der Waals surface area contributed by atoms with Crippen LogP contribution in [0, 0.1) is 0 Å². The summed E-state index contributed by atoms with van der Waals surface area (Å²) in [6.07, 6.45) is 4.62. The Morgan fingerprint density at radius 2 is 1.44 bits per heavy atom. The molecule has 0 aromatic heterocycles. The zero-order chi connectivity index (χ0) is 11.7. The molecule has 0 saturated carbocycles. The molecule has 0 spiro atoms. The van der Waals surface area contributed by atoms with E-state index in [0.717, 1.165) is 17.1 Å². The summed E-state index contributed by atoms with van der Waals surface area (Å²) in [5.74, 6) is -1.64. The maximum absolute atomic E-state index is 11.2. The van der Waals surface area contributed by atoms with Crippen LogP contribution in [0.5, 0.6) is 0 Å². The van der Waals surface area contributed by atoms with Crippen LogP contribution in [0.3, 0.4) is 0 Å². The van der Waals surface area contributed by atoms with Crippen LogP contribution in [0.25, 0.3) is 0 Å². The standard InChI is InChI=1S/C10H8N2O4/c13-6-1-2-7(14)10(6)11-5-12-8(15)3-4-9(12)16/h1-4,10-11H,5H2. The third-order valence-corrected chi connectivity index (χ3v) is 2.33. The van der Waals surface area contributed by atoms with Crippen molar-refractivity contribution < 1.29 is 19.2 Å². The molecule has 0 bridgehead atoms. The van der Waals surface area contributed by atoms with Gasteiger partial charge in [-0.2, -0.15) is 0 Å². The number of nitrogens with zero attached hydrogens (tertiary/aromatic N) is 1. The molecule has 0 fully saturated rings. The molecule has 1 N–H and O–H groups in total. The van der Waals surface area contributed by atoms with E-state index in [9.17, 15) is 19.2 Å². The third-order valence-electron chi connectivity index (χ3n) is 2.33. The lowest BCUT2D eigenvalue weighted by molar-refractivity contribution is -0.138. The molecule has 0 aromatic carbocycles. The quantitative estimate of drug-likeness (QED) is 0.464. The van der Waals surface area contributed by atoms with E-state index in [2.05, 4.69) is 5.32 Å². The maximum Gasteiger partial charge on any atom is 0.254 e. The topological polar surface area (TPSA) is 83.6 Å². The first kappa shape index (κ1) is 10.4. The van der Waals surface area contributed by atoms with Gasteiger partial charge in [-0.1, -0.05) is 0 Å². The highest BCUT2D eigenvalue weighted by molar-refractivity contribution is 6.22. The summed E-state index contributed by atoms with van der Waals surface area (Å²) in [7, 11) is 0. The third kappa shape index (κ3) is 1.70. The molecule has 0 radical (unpaired) electrons. The van der Waals surface area contributed by atoms with Crippen molar-refractivity contribution in [3.63, 3.8) is 0 Å². The lowest BCUT2D eigenvalue weighted by Crippen LogP contribution is -2.47. The van der Waals surface area contributed by atoms with Gasteiger partial charge in [0.05, 0.1) is 6.67 Å². The van der Waals surface area contributed by atoms with Crippen molar-refractivity contribution in [2.45, 2.75) is 6.04 Å². The van der Waals surface area contributed by atoms with Gasteiger partial charge in [0, 0.05) is 12.2 Å². The highest BCUT2D eigenvalue weighted by atomic mass is 16.2. The van der Waals surface area contributed by atoms with Gasteiger partial charge in [-0.3, -0.25) is 29.4 Å². The summed E-state index contributed by atoms with van der Waals surface area (Å²) in [5.41, 5.74) is 0. The molecule has 0 unspecified atom stereocenters. The summed E-state index contributed by atoms with van der Waals surface area (Å²) in [5, 5.41) is 2.57. The van der Waals surface area contributed by atoms with Crippen LogP contribution in [0.4, 0.5) is 0 Å². The molecular formula is C10H8N2O4. The van der Waals surface area contributed by atoms with Gasteiger partial charge in [-0.15, -0.1) is 0 Å². The molecule has 16 heavy (non-hydrogen) atoms. The number of rotatable bonds is 3. The average Bonchev–Trinajstić information content (AvgIpc) is 2.72. The second-order valence-corrected chi connectivity index (χ2v) is 3.37. The van der Waals surface area contributed by atoms with Gasteiger partial charge in [-0.25, -0.2) is 0 Å². The Balaban J connectivity index is 1.93. The highest BCUT2D eigenvalue weighted by Crippen LogP contribution is 2.05. The predicted octanol–water partition coefficient (Wildman–Crippen LogP) is -1.46. The zero-order valence-electron chi connectivity index (χ0n) is 8.17. The number of amides is 2. The lowest BCUT2D eigenvalue weighted by Gasteiger charge is -2.16. The first-order valence-corrected chi connectivity index (χ1v) is 4.62. The number of carbonyl (C=O) groups excluding carboxylic acids is 4. The van der Waals surface area contributed by atoms with Crippen molar-refractivity contribution in [3.05, 3.63) is 24.3 Å². The molecule has 1 aliphatic carbocycles. The van der Waals surface area contributed by atoms with E-state index < -0.39 is 17.9 Å². The molecule has 2 rings (SSSR count). The Kier molecular flexibility index (Phi) is 2.49. The van der Waals surface area contributed by atoms with Crippen molar-refractivity contribution in [1.29, 1.82) is 0 Å². The van der Waals surface area contributed by atoms with Gasteiger partial charge in [0.2, 0.25) is 0 Å². The first-order valence-electron chi connectivity index (χ1n) is 4.62. The van der Waals surface area contributed by atoms with Gasteiger partial charge in [0.1, 0.15) is 6.04 Å². The normalized spacial score (nSPS) is 20.6. The van der Waals surface area contributed by atoms with Crippen molar-refractivity contribution >= 4 is 23.4 Å². The van der Waals surface area contributed by atoms with Gasteiger partial charge < -0.3 is 0 Å². The molecule has 1 aliphatic heterocycles. The number of carbonyl (C=O) groups is 4. The number of hydrogen-bond acceptors (Lipinski definition) is 5. The molecule has 0 atom stereocenters. The van der Waals surface area contributed by atoms with Crippen LogP contribution in [-0.4, -0.2) is 41.0 Å². The minimum Gasteiger partial charge on any atom is -0.293 e. The molecule has 2 aliphatic rings. The molecule has 0 saturated heterocycles. The largest absolute Gasteiger partial charge is 0.293 e. The fourth-order valence-corrected chi connectivity index (χ4v) is 1.47. The Morgan fingerprint density at radius 3 is 1.94 bits per heavy atom. The van der Waals surface area contributed by atoms with Crippen LogP contribution in [0.1, 0.15) is 0 Å². The number of nitrogens with one attached hydrogen (secondary N) is 1. The Bertz CT molecular complexity index is 372. The van der Waals surface area contributed by atoms with Gasteiger partial charge in [-0.05, 0) is 12.2 Å². The fourth-order valence-electron chi connectivity index (χ4n) is 1.47. The van der Waals surface area contributed by atoms with E-state index in [1.807, 2.05) is 0 Å². The van der Waals surface area contributed by atoms with Crippen LogP contribution < -0.4 is 5.32 Å². The Labute approximate surface area is 90.6 Å². The van der Waals surface area contributed by atoms with Crippen LogP contribution in [0.15, 0.2) is 24.3 Å². The highest BCUT2D eigenvalue weighted by Gasteiger charge is 2.30. The zero-order valence-corrected chi connectivity index (χ0v) is 8.17. The summed E-state index contributed by atoms with van der Waals surface area (Å²) >= 11 is 0. The van der Waals surface area contributed by atoms with Gasteiger partial charge in [0.25, 0.3) is 11.8 Å². The van der Waals surface area contributed by atoms with Crippen LogP contribution >= 0.6 is 0 Å². The smallest absolute Gasteiger partial charge is 0.254 e. The molecule has 0 aromatic rings. The maximum atomic E-state index is 11.2. The summed E-state index contributed by atoms with van der Waals surface area (Å²) in [6.45, 7) is -0.144. The Morgan fingerprint density at radius 1 is 0.938 bits per heavy atom. The van der Waals surface area contributed by atoms with E-state index in [1.165, 1.54) is 12.2 Å². The monoisotopic (exact) mass is 220 g/mol. The summed E-state index contributed by atoms with van der Waals surface area (Å²) in [6, 6.07) is -0.971. The first-order chi connectivity index (χ1) is 7.59. The predicted molar refractivity (Wildman–Crippen MR) is 51.9 cm³/mol. The summed E-state index contributed by atoms with van der Waals surface area (Å²) in [4.78, 5) is 45.6. The van der Waals surface area contributed by atoms with Crippen LogP contribution in [0.2, 0.25) is 0 Å². The van der Waals surface area contributed by atoms with E-state index in [0.29, 0.717) is 0 Å². The molecule has 1 heterocycles. The van der Waals surface area contributed by atoms with Crippen molar-refractivity contribution in [2.75, 3.05) is 6.67 Å². The van der Waals surface area contributed by atoms with E-state index in [-0.39, 0.29) is 18.2 Å². The summed E-state index contributed by atoms with van der Waals surface area (Å²) < 4.78 is 0. The molecular weight excluding hydrogens is 212 g/mol. The van der Waals surface area contributed by atoms with Crippen molar-refractivity contribution in [3.8, 4) is 0 Å². The minimum absolute atomic E-state index is 0.144. The van der Waals surface area contributed by atoms with Crippen molar-refractivity contribution in [1.82, 2.24) is 10.2 Å². The van der Waals surface area contributed by atoms with Crippen molar-refractivity contribution in [2.24, 2.45) is 0 Å².